The standard InChI is InChI=1S/C17H20ClN3O2/c1-23-11-10-20-16-12-14(7-9-19-16)17(22)21-8-6-13-2-4-15(18)5-3-13/h2-5,7,9,12H,6,8,10-11H2,1H3,(H,19,20)(H,21,22). The van der Waals surface area contributed by atoms with E-state index in [0.29, 0.717) is 36.1 Å². The Morgan fingerprint density at radius 1 is 1.22 bits per heavy atom. The second-order valence-electron chi connectivity index (χ2n) is 4.98. The minimum Gasteiger partial charge on any atom is -0.383 e. The van der Waals surface area contributed by atoms with Crippen LogP contribution in [0.2, 0.25) is 5.02 Å². The molecule has 0 unspecified atom stereocenters. The molecule has 23 heavy (non-hydrogen) atoms. The van der Waals surface area contributed by atoms with Gasteiger partial charge in [-0.3, -0.25) is 4.79 Å². The zero-order valence-corrected chi connectivity index (χ0v) is 13.8. The van der Waals surface area contributed by atoms with E-state index in [1.165, 1.54) is 0 Å². The number of amides is 1. The van der Waals surface area contributed by atoms with Gasteiger partial charge in [0.05, 0.1) is 6.61 Å². The van der Waals surface area contributed by atoms with E-state index in [1.807, 2.05) is 24.3 Å². The van der Waals surface area contributed by atoms with Crippen molar-refractivity contribution in [2.45, 2.75) is 6.42 Å². The van der Waals surface area contributed by atoms with Gasteiger partial charge in [0.15, 0.2) is 0 Å². The van der Waals surface area contributed by atoms with E-state index in [1.54, 1.807) is 25.4 Å². The molecule has 0 radical (unpaired) electrons. The quantitative estimate of drug-likeness (QED) is 0.729. The number of hydrogen-bond donors (Lipinski definition) is 2. The highest BCUT2D eigenvalue weighted by atomic mass is 35.5. The van der Waals surface area contributed by atoms with Gasteiger partial charge < -0.3 is 15.4 Å². The molecule has 0 fully saturated rings. The van der Waals surface area contributed by atoms with Crippen LogP contribution in [0.4, 0.5) is 5.82 Å². The van der Waals surface area contributed by atoms with Gasteiger partial charge >= 0.3 is 0 Å². The Morgan fingerprint density at radius 2 is 2.00 bits per heavy atom. The zero-order chi connectivity index (χ0) is 16.5. The number of methoxy groups -OCH3 is 1. The number of carbonyl (C=O) groups is 1. The first kappa shape index (κ1) is 17.2. The molecule has 122 valence electrons. The van der Waals surface area contributed by atoms with Crippen molar-refractivity contribution in [3.8, 4) is 0 Å². The van der Waals surface area contributed by atoms with Gasteiger partial charge in [-0.05, 0) is 36.2 Å². The van der Waals surface area contributed by atoms with Gasteiger partial charge in [-0.15, -0.1) is 0 Å². The number of ether oxygens (including phenoxy) is 1. The summed E-state index contributed by atoms with van der Waals surface area (Å²) < 4.78 is 4.97. The average molecular weight is 334 g/mol. The monoisotopic (exact) mass is 333 g/mol. The smallest absolute Gasteiger partial charge is 0.251 e. The average Bonchev–Trinajstić information content (AvgIpc) is 2.57. The highest BCUT2D eigenvalue weighted by Gasteiger charge is 2.06. The van der Waals surface area contributed by atoms with Crippen LogP contribution in [0.5, 0.6) is 0 Å². The minimum atomic E-state index is -0.115. The number of aromatic nitrogens is 1. The van der Waals surface area contributed by atoms with Crippen LogP contribution in [0.3, 0.4) is 0 Å². The van der Waals surface area contributed by atoms with E-state index in [9.17, 15) is 4.79 Å². The molecule has 2 N–H and O–H groups in total. The van der Waals surface area contributed by atoms with Crippen LogP contribution in [0.25, 0.3) is 0 Å². The Hall–Kier alpha value is -2.11. The third-order valence-electron chi connectivity index (χ3n) is 3.25. The molecule has 0 spiro atoms. The maximum Gasteiger partial charge on any atom is 0.251 e. The molecular formula is C17H20ClN3O2. The van der Waals surface area contributed by atoms with Gasteiger partial charge in [0.2, 0.25) is 0 Å². The minimum absolute atomic E-state index is 0.115. The molecule has 0 aliphatic carbocycles. The fourth-order valence-electron chi connectivity index (χ4n) is 2.02. The first-order chi connectivity index (χ1) is 11.2. The van der Waals surface area contributed by atoms with Crippen LogP contribution in [0.15, 0.2) is 42.6 Å². The Balaban J connectivity index is 1.82. The Morgan fingerprint density at radius 3 is 2.74 bits per heavy atom. The molecule has 5 nitrogen and oxygen atoms in total. The fraction of sp³-hybridized carbons (Fsp3) is 0.294. The summed E-state index contributed by atoms with van der Waals surface area (Å²) >= 11 is 5.85. The van der Waals surface area contributed by atoms with E-state index in [4.69, 9.17) is 16.3 Å². The number of hydrogen-bond acceptors (Lipinski definition) is 4. The SMILES string of the molecule is COCCNc1cc(C(=O)NCCc2ccc(Cl)cc2)ccn1. The molecule has 1 aromatic carbocycles. The Labute approximate surface area is 141 Å². The van der Waals surface area contributed by atoms with E-state index >= 15 is 0 Å². The van der Waals surface area contributed by atoms with Gasteiger partial charge in [0.25, 0.3) is 5.91 Å². The number of anilines is 1. The first-order valence-corrected chi connectivity index (χ1v) is 7.78. The molecule has 0 atom stereocenters. The number of pyridine rings is 1. The summed E-state index contributed by atoms with van der Waals surface area (Å²) in [5, 5.41) is 6.71. The highest BCUT2D eigenvalue weighted by Crippen LogP contribution is 2.10. The van der Waals surface area contributed by atoms with Gasteiger partial charge in [-0.1, -0.05) is 23.7 Å². The molecule has 0 bridgehead atoms. The first-order valence-electron chi connectivity index (χ1n) is 7.40. The zero-order valence-electron chi connectivity index (χ0n) is 13.0. The molecule has 1 aromatic heterocycles. The molecule has 0 saturated carbocycles. The molecule has 1 amide bonds. The van der Waals surface area contributed by atoms with Crippen LogP contribution in [-0.4, -0.2) is 37.7 Å². The van der Waals surface area contributed by atoms with Crippen LogP contribution in [0.1, 0.15) is 15.9 Å². The Kier molecular flexibility index (Phi) is 6.84. The van der Waals surface area contributed by atoms with Crippen molar-refractivity contribution in [2.24, 2.45) is 0 Å². The normalized spacial score (nSPS) is 10.3. The molecule has 6 heteroatoms. The summed E-state index contributed by atoms with van der Waals surface area (Å²) in [5.74, 6) is 0.545. The largest absolute Gasteiger partial charge is 0.383 e. The van der Waals surface area contributed by atoms with E-state index in [2.05, 4.69) is 15.6 Å². The van der Waals surface area contributed by atoms with Gasteiger partial charge in [0, 0.05) is 37.0 Å². The number of carbonyl (C=O) groups excluding carboxylic acids is 1. The molecule has 1 heterocycles. The van der Waals surface area contributed by atoms with E-state index in [0.717, 1.165) is 12.0 Å². The maximum atomic E-state index is 12.2. The van der Waals surface area contributed by atoms with Crippen LogP contribution in [0, 0.1) is 0 Å². The summed E-state index contributed by atoms with van der Waals surface area (Å²) in [7, 11) is 1.64. The second kappa shape index (κ2) is 9.12. The van der Waals surface area contributed by atoms with Gasteiger partial charge in [-0.2, -0.15) is 0 Å². The topological polar surface area (TPSA) is 63.2 Å². The third-order valence-corrected chi connectivity index (χ3v) is 3.50. The molecule has 2 rings (SSSR count). The fourth-order valence-corrected chi connectivity index (χ4v) is 2.15. The van der Waals surface area contributed by atoms with Crippen molar-refractivity contribution >= 4 is 23.3 Å². The molecule has 2 aromatic rings. The van der Waals surface area contributed by atoms with E-state index < -0.39 is 0 Å². The van der Waals surface area contributed by atoms with Crippen LogP contribution in [-0.2, 0) is 11.2 Å². The highest BCUT2D eigenvalue weighted by molar-refractivity contribution is 6.30. The summed E-state index contributed by atoms with van der Waals surface area (Å²) in [6.07, 6.45) is 2.37. The lowest BCUT2D eigenvalue weighted by Gasteiger charge is -2.08. The van der Waals surface area contributed by atoms with Crippen molar-refractivity contribution in [3.05, 3.63) is 58.7 Å². The molecular weight excluding hydrogens is 314 g/mol. The molecule has 0 aliphatic rings. The number of benzene rings is 1. The summed E-state index contributed by atoms with van der Waals surface area (Å²) in [5.41, 5.74) is 1.71. The number of halogens is 1. The van der Waals surface area contributed by atoms with Gasteiger partial charge in [0.1, 0.15) is 5.82 Å². The van der Waals surface area contributed by atoms with Crippen molar-refractivity contribution in [3.63, 3.8) is 0 Å². The lowest BCUT2D eigenvalue weighted by atomic mass is 10.1. The lowest BCUT2D eigenvalue weighted by molar-refractivity contribution is 0.0954. The van der Waals surface area contributed by atoms with Crippen LogP contribution < -0.4 is 10.6 Å². The van der Waals surface area contributed by atoms with Crippen LogP contribution >= 0.6 is 11.6 Å². The summed E-state index contributed by atoms with van der Waals surface area (Å²) in [4.78, 5) is 16.3. The van der Waals surface area contributed by atoms with Gasteiger partial charge in [-0.25, -0.2) is 4.98 Å². The van der Waals surface area contributed by atoms with E-state index in [-0.39, 0.29) is 5.91 Å². The predicted molar refractivity (Wildman–Crippen MR) is 92.1 cm³/mol. The predicted octanol–water partition coefficient (Wildman–Crippen LogP) is 2.77. The van der Waals surface area contributed by atoms with Crippen molar-refractivity contribution in [1.82, 2.24) is 10.3 Å². The van der Waals surface area contributed by atoms with Crippen molar-refractivity contribution in [1.29, 1.82) is 0 Å². The molecule has 0 aliphatic heterocycles. The number of rotatable bonds is 8. The Bertz CT molecular complexity index is 632. The third kappa shape index (κ3) is 5.88. The number of nitrogens with one attached hydrogen (secondary N) is 2. The van der Waals surface area contributed by atoms with Crippen molar-refractivity contribution in [2.75, 3.05) is 32.1 Å². The summed E-state index contributed by atoms with van der Waals surface area (Å²) in [6.45, 7) is 1.79. The lowest BCUT2D eigenvalue weighted by Crippen LogP contribution is -2.25. The molecule has 0 saturated heterocycles. The number of nitrogens with zero attached hydrogens (tertiary/aromatic N) is 1. The maximum absolute atomic E-state index is 12.2. The van der Waals surface area contributed by atoms with Crippen molar-refractivity contribution < 1.29 is 9.53 Å². The summed E-state index contributed by atoms with van der Waals surface area (Å²) in [6, 6.07) is 11.0. The second-order valence-corrected chi connectivity index (χ2v) is 5.42.